The zero-order chi connectivity index (χ0) is 17.2. The van der Waals surface area contributed by atoms with Crippen LogP contribution in [0.1, 0.15) is 43.4 Å². The highest BCUT2D eigenvalue weighted by Gasteiger charge is 2.15. The van der Waals surface area contributed by atoms with Gasteiger partial charge in [-0.3, -0.25) is 0 Å². The summed E-state index contributed by atoms with van der Waals surface area (Å²) >= 11 is 0. The Labute approximate surface area is 143 Å². The van der Waals surface area contributed by atoms with Gasteiger partial charge < -0.3 is 15.7 Å². The topological polar surface area (TPSA) is 61.4 Å². The molecule has 2 aromatic rings. The molecule has 0 saturated carbocycles. The number of aryl methyl sites for hydroxylation is 1. The van der Waals surface area contributed by atoms with Crippen molar-refractivity contribution in [3.63, 3.8) is 0 Å². The first-order chi connectivity index (χ1) is 11.7. The number of para-hydroxylation sites is 1. The first-order valence-corrected chi connectivity index (χ1v) is 8.55. The predicted octanol–water partition coefficient (Wildman–Crippen LogP) is 4.27. The number of nitrogens with one attached hydrogen (secondary N) is 2. The summed E-state index contributed by atoms with van der Waals surface area (Å²) in [6.45, 7) is 2.24. The molecule has 24 heavy (non-hydrogen) atoms. The molecule has 0 aliphatic carbocycles. The number of anilines is 1. The van der Waals surface area contributed by atoms with Gasteiger partial charge >= 0.3 is 6.03 Å². The lowest BCUT2D eigenvalue weighted by atomic mass is 10.0. The van der Waals surface area contributed by atoms with E-state index in [1.165, 1.54) is 0 Å². The summed E-state index contributed by atoms with van der Waals surface area (Å²) < 4.78 is 0. The molecule has 2 amide bonds. The monoisotopic (exact) mass is 326 g/mol. The van der Waals surface area contributed by atoms with Crippen molar-refractivity contribution in [3.05, 3.63) is 65.7 Å². The minimum Gasteiger partial charge on any atom is -0.396 e. The van der Waals surface area contributed by atoms with E-state index < -0.39 is 0 Å². The molecule has 0 heterocycles. The van der Waals surface area contributed by atoms with Gasteiger partial charge in [0.05, 0.1) is 6.04 Å². The lowest BCUT2D eigenvalue weighted by Crippen LogP contribution is -2.33. The summed E-state index contributed by atoms with van der Waals surface area (Å²) in [7, 11) is 0. The number of rotatable bonds is 8. The molecule has 4 heteroatoms. The molecule has 1 unspecified atom stereocenters. The molecule has 3 N–H and O–H groups in total. The van der Waals surface area contributed by atoms with Crippen LogP contribution < -0.4 is 10.6 Å². The van der Waals surface area contributed by atoms with Crippen LogP contribution in [0.5, 0.6) is 0 Å². The average Bonchev–Trinajstić information content (AvgIpc) is 2.61. The van der Waals surface area contributed by atoms with Crippen molar-refractivity contribution >= 4 is 11.7 Å². The largest absolute Gasteiger partial charge is 0.396 e. The summed E-state index contributed by atoms with van der Waals surface area (Å²) in [6.07, 6.45) is 3.31. The van der Waals surface area contributed by atoms with E-state index in [9.17, 15) is 4.79 Å². The summed E-state index contributed by atoms with van der Waals surface area (Å²) in [5.74, 6) is 0. The van der Waals surface area contributed by atoms with E-state index in [-0.39, 0.29) is 18.7 Å². The van der Waals surface area contributed by atoms with E-state index in [1.54, 1.807) is 0 Å². The van der Waals surface area contributed by atoms with Gasteiger partial charge in [0, 0.05) is 12.3 Å². The van der Waals surface area contributed by atoms with Crippen molar-refractivity contribution in [2.45, 2.75) is 38.6 Å². The van der Waals surface area contributed by atoms with Crippen LogP contribution >= 0.6 is 0 Å². The third kappa shape index (κ3) is 5.39. The molecule has 4 nitrogen and oxygen atoms in total. The molecule has 0 aliphatic rings. The molecule has 2 aromatic carbocycles. The van der Waals surface area contributed by atoms with Gasteiger partial charge in [0.25, 0.3) is 0 Å². The first kappa shape index (κ1) is 18.0. The molecule has 2 rings (SSSR count). The SMILES string of the molecule is CCCc1ccccc1NC(=O)NC(CCCO)c1ccccc1. The number of aliphatic hydroxyl groups is 1. The second-order valence-electron chi connectivity index (χ2n) is 5.83. The number of carbonyl (C=O) groups is 1. The smallest absolute Gasteiger partial charge is 0.319 e. The van der Waals surface area contributed by atoms with Gasteiger partial charge in [-0.1, -0.05) is 61.9 Å². The second kappa shape index (κ2) is 9.73. The highest BCUT2D eigenvalue weighted by molar-refractivity contribution is 5.90. The maximum absolute atomic E-state index is 12.4. The summed E-state index contributed by atoms with van der Waals surface area (Å²) in [6, 6.07) is 17.4. The molecule has 128 valence electrons. The number of aliphatic hydroxyl groups excluding tert-OH is 1. The van der Waals surface area contributed by atoms with Gasteiger partial charge in [0.2, 0.25) is 0 Å². The van der Waals surface area contributed by atoms with Crippen LogP contribution in [0.4, 0.5) is 10.5 Å². The van der Waals surface area contributed by atoms with Crippen LogP contribution in [-0.4, -0.2) is 17.7 Å². The van der Waals surface area contributed by atoms with Gasteiger partial charge in [-0.25, -0.2) is 4.79 Å². The van der Waals surface area contributed by atoms with E-state index in [0.717, 1.165) is 29.7 Å². The molecule has 1 atom stereocenters. The van der Waals surface area contributed by atoms with Crippen molar-refractivity contribution in [2.24, 2.45) is 0 Å². The molecule has 0 aliphatic heterocycles. The molecule has 0 radical (unpaired) electrons. The quantitative estimate of drug-likeness (QED) is 0.678. The Hall–Kier alpha value is -2.33. The standard InChI is InChI=1S/C20H26N2O2/c1-2-9-16-12-6-7-13-18(16)21-20(24)22-19(14-8-15-23)17-10-4-3-5-11-17/h3-7,10-13,19,23H,2,8-9,14-15H2,1H3,(H2,21,22,24). The normalized spacial score (nSPS) is 11.8. The third-order valence-electron chi connectivity index (χ3n) is 3.94. The van der Waals surface area contributed by atoms with Crippen LogP contribution in [0.15, 0.2) is 54.6 Å². The Morgan fingerprint density at radius 1 is 1.08 bits per heavy atom. The minimum atomic E-state index is -0.217. The minimum absolute atomic E-state index is 0.114. The Morgan fingerprint density at radius 3 is 2.50 bits per heavy atom. The van der Waals surface area contributed by atoms with Crippen molar-refractivity contribution in [3.8, 4) is 0 Å². The van der Waals surface area contributed by atoms with E-state index in [0.29, 0.717) is 12.8 Å². The Balaban J connectivity index is 2.05. The zero-order valence-corrected chi connectivity index (χ0v) is 14.2. The molecule has 0 fully saturated rings. The summed E-state index contributed by atoms with van der Waals surface area (Å²) in [5, 5.41) is 15.1. The van der Waals surface area contributed by atoms with Crippen molar-refractivity contribution < 1.29 is 9.90 Å². The van der Waals surface area contributed by atoms with Crippen molar-refractivity contribution in [1.29, 1.82) is 0 Å². The fourth-order valence-corrected chi connectivity index (χ4v) is 2.75. The average molecular weight is 326 g/mol. The van der Waals surface area contributed by atoms with E-state index in [4.69, 9.17) is 5.11 Å². The van der Waals surface area contributed by atoms with E-state index in [2.05, 4.69) is 17.6 Å². The fraction of sp³-hybridized carbons (Fsp3) is 0.350. The van der Waals surface area contributed by atoms with Gasteiger partial charge in [-0.2, -0.15) is 0 Å². The number of benzene rings is 2. The molecule has 0 saturated heterocycles. The maximum Gasteiger partial charge on any atom is 0.319 e. The second-order valence-corrected chi connectivity index (χ2v) is 5.83. The van der Waals surface area contributed by atoms with Crippen LogP contribution in [0.3, 0.4) is 0 Å². The Morgan fingerprint density at radius 2 is 1.79 bits per heavy atom. The number of amides is 2. The Kier molecular flexibility index (Phi) is 7.30. The maximum atomic E-state index is 12.4. The van der Waals surface area contributed by atoms with Crippen LogP contribution in [0.2, 0.25) is 0 Å². The molecule has 0 spiro atoms. The predicted molar refractivity (Wildman–Crippen MR) is 98.1 cm³/mol. The molecular formula is C20H26N2O2. The van der Waals surface area contributed by atoms with Crippen molar-refractivity contribution in [2.75, 3.05) is 11.9 Å². The number of hydrogen-bond acceptors (Lipinski definition) is 2. The van der Waals surface area contributed by atoms with Gasteiger partial charge in [0.1, 0.15) is 0 Å². The van der Waals surface area contributed by atoms with Gasteiger partial charge in [-0.05, 0) is 36.5 Å². The van der Waals surface area contributed by atoms with E-state index >= 15 is 0 Å². The summed E-state index contributed by atoms with van der Waals surface area (Å²) in [4.78, 5) is 12.4. The number of urea groups is 1. The van der Waals surface area contributed by atoms with Gasteiger partial charge in [-0.15, -0.1) is 0 Å². The lowest BCUT2D eigenvalue weighted by molar-refractivity contribution is 0.243. The Bertz CT molecular complexity index is 629. The first-order valence-electron chi connectivity index (χ1n) is 8.55. The highest BCUT2D eigenvalue weighted by atomic mass is 16.3. The lowest BCUT2D eigenvalue weighted by Gasteiger charge is -2.20. The van der Waals surface area contributed by atoms with E-state index in [1.807, 2.05) is 54.6 Å². The fourth-order valence-electron chi connectivity index (χ4n) is 2.75. The summed E-state index contributed by atoms with van der Waals surface area (Å²) in [5.41, 5.74) is 3.04. The van der Waals surface area contributed by atoms with Crippen LogP contribution in [-0.2, 0) is 6.42 Å². The molecule has 0 aromatic heterocycles. The zero-order valence-electron chi connectivity index (χ0n) is 14.2. The van der Waals surface area contributed by atoms with Crippen LogP contribution in [0.25, 0.3) is 0 Å². The molecule has 0 bridgehead atoms. The number of carbonyl (C=O) groups excluding carboxylic acids is 1. The highest BCUT2D eigenvalue weighted by Crippen LogP contribution is 2.20. The number of hydrogen-bond donors (Lipinski definition) is 3. The molecular weight excluding hydrogens is 300 g/mol. The van der Waals surface area contributed by atoms with Crippen molar-refractivity contribution in [1.82, 2.24) is 5.32 Å². The third-order valence-corrected chi connectivity index (χ3v) is 3.94. The van der Waals surface area contributed by atoms with Crippen LogP contribution in [0, 0.1) is 0 Å². The van der Waals surface area contributed by atoms with Gasteiger partial charge in [0.15, 0.2) is 0 Å².